The van der Waals surface area contributed by atoms with Gasteiger partial charge in [0, 0.05) is 25.4 Å². The molecule has 112 valence electrons. The Hall–Kier alpha value is -1.20. The maximum atomic E-state index is 5.96. The molecule has 1 aromatic heterocycles. The van der Waals surface area contributed by atoms with Crippen LogP contribution in [-0.2, 0) is 16.1 Å². The van der Waals surface area contributed by atoms with Gasteiger partial charge in [0.25, 0.3) is 0 Å². The number of nitrogens with zero attached hydrogens (tertiary/aromatic N) is 2. The quantitative estimate of drug-likeness (QED) is 0.867. The molecule has 0 amide bonds. The van der Waals surface area contributed by atoms with Crippen molar-refractivity contribution < 1.29 is 9.47 Å². The molecule has 1 aliphatic carbocycles. The van der Waals surface area contributed by atoms with E-state index in [4.69, 9.17) is 9.47 Å². The molecule has 1 aliphatic rings. The monoisotopic (exact) mass is 279 g/mol. The van der Waals surface area contributed by atoms with Gasteiger partial charge >= 0.3 is 0 Å². The van der Waals surface area contributed by atoms with Gasteiger partial charge in [-0.3, -0.25) is 0 Å². The molecule has 0 aliphatic heterocycles. The number of hydrogen-bond acceptors (Lipinski definition) is 5. The molecule has 0 bridgehead atoms. The lowest BCUT2D eigenvalue weighted by Gasteiger charge is -2.28. The average Bonchev–Trinajstić information content (AvgIpc) is 2.45. The van der Waals surface area contributed by atoms with Gasteiger partial charge in [-0.2, -0.15) is 0 Å². The van der Waals surface area contributed by atoms with Crippen molar-refractivity contribution in [3.05, 3.63) is 17.6 Å². The molecule has 1 heterocycles. The van der Waals surface area contributed by atoms with E-state index in [-0.39, 0.29) is 6.10 Å². The molecule has 2 atom stereocenters. The molecule has 1 aromatic rings. The lowest BCUT2D eigenvalue weighted by atomic mass is 9.95. The highest BCUT2D eigenvalue weighted by Crippen LogP contribution is 2.23. The third kappa shape index (κ3) is 4.42. The van der Waals surface area contributed by atoms with E-state index in [1.54, 1.807) is 7.11 Å². The molecule has 20 heavy (non-hydrogen) atoms. The van der Waals surface area contributed by atoms with Crippen LogP contribution in [0.2, 0.25) is 0 Å². The molecule has 0 spiro atoms. The first-order chi connectivity index (χ1) is 9.71. The molecule has 2 rings (SSSR count). The van der Waals surface area contributed by atoms with Crippen LogP contribution in [0.5, 0.6) is 0 Å². The van der Waals surface area contributed by atoms with Crippen LogP contribution in [0, 0.1) is 6.92 Å². The summed E-state index contributed by atoms with van der Waals surface area (Å²) in [5, 5.41) is 3.22. The van der Waals surface area contributed by atoms with Crippen LogP contribution in [-0.4, -0.2) is 35.8 Å². The molecule has 1 fully saturated rings. The van der Waals surface area contributed by atoms with Crippen molar-refractivity contribution in [2.75, 3.05) is 19.0 Å². The van der Waals surface area contributed by atoms with E-state index in [9.17, 15) is 0 Å². The molecule has 0 saturated heterocycles. The van der Waals surface area contributed by atoms with Gasteiger partial charge in [-0.1, -0.05) is 0 Å². The van der Waals surface area contributed by atoms with Gasteiger partial charge < -0.3 is 14.8 Å². The zero-order valence-corrected chi connectivity index (χ0v) is 12.7. The second kappa shape index (κ2) is 7.55. The van der Waals surface area contributed by atoms with Crippen molar-refractivity contribution in [1.82, 2.24) is 9.97 Å². The fourth-order valence-electron chi connectivity index (χ4n) is 2.63. The molecule has 5 nitrogen and oxygen atoms in total. The highest BCUT2D eigenvalue weighted by Gasteiger charge is 2.22. The summed E-state index contributed by atoms with van der Waals surface area (Å²) in [6.07, 6.45) is 4.99. The lowest BCUT2D eigenvalue weighted by Crippen LogP contribution is -2.27. The summed E-state index contributed by atoms with van der Waals surface area (Å²) >= 11 is 0. The number of ether oxygens (including phenoxy) is 2. The van der Waals surface area contributed by atoms with Crippen LogP contribution in [0.1, 0.15) is 44.1 Å². The van der Waals surface area contributed by atoms with Crippen molar-refractivity contribution in [2.45, 2.75) is 58.3 Å². The van der Waals surface area contributed by atoms with Gasteiger partial charge in [-0.15, -0.1) is 0 Å². The minimum absolute atomic E-state index is 0.264. The van der Waals surface area contributed by atoms with Crippen molar-refractivity contribution in [3.8, 4) is 0 Å². The zero-order valence-electron chi connectivity index (χ0n) is 12.7. The lowest BCUT2D eigenvalue weighted by molar-refractivity contribution is -0.0381. The Kier molecular flexibility index (Phi) is 5.73. The van der Waals surface area contributed by atoms with Crippen LogP contribution in [0.25, 0.3) is 0 Å². The summed E-state index contributed by atoms with van der Waals surface area (Å²) in [7, 11) is 1.78. The molecule has 1 N–H and O–H groups in total. The minimum Gasteiger partial charge on any atom is -0.381 e. The fourth-order valence-corrected chi connectivity index (χ4v) is 2.63. The Labute approximate surface area is 121 Å². The first-order valence-electron chi connectivity index (χ1n) is 7.44. The maximum Gasteiger partial charge on any atom is 0.156 e. The van der Waals surface area contributed by atoms with Crippen molar-refractivity contribution in [2.24, 2.45) is 0 Å². The first kappa shape index (κ1) is 15.2. The Morgan fingerprint density at radius 3 is 2.85 bits per heavy atom. The fraction of sp³-hybridized carbons (Fsp3) is 0.733. The van der Waals surface area contributed by atoms with Crippen molar-refractivity contribution >= 4 is 5.82 Å². The molecule has 2 unspecified atom stereocenters. The number of anilines is 1. The third-order valence-corrected chi connectivity index (χ3v) is 3.62. The smallest absolute Gasteiger partial charge is 0.156 e. The molecule has 5 heteroatoms. The van der Waals surface area contributed by atoms with Gasteiger partial charge in [-0.25, -0.2) is 9.97 Å². The third-order valence-electron chi connectivity index (χ3n) is 3.62. The average molecular weight is 279 g/mol. The van der Waals surface area contributed by atoms with E-state index in [0.717, 1.165) is 43.1 Å². The first-order valence-corrected chi connectivity index (χ1v) is 7.44. The summed E-state index contributed by atoms with van der Waals surface area (Å²) in [6, 6.07) is 1.95. The molecule has 1 saturated carbocycles. The van der Waals surface area contributed by atoms with E-state index in [1.165, 1.54) is 6.42 Å². The summed E-state index contributed by atoms with van der Waals surface area (Å²) in [5.41, 5.74) is 0.966. The van der Waals surface area contributed by atoms with Gasteiger partial charge in [-0.05, 0) is 39.5 Å². The number of rotatable bonds is 6. The maximum absolute atomic E-state index is 5.96. The number of aryl methyl sites for hydroxylation is 1. The molecular formula is C15H25N3O2. The van der Waals surface area contributed by atoms with Crippen LogP contribution in [0.3, 0.4) is 0 Å². The number of nitrogens with one attached hydrogen (secondary N) is 1. The SMILES string of the molecule is CCNc1cc(C)nc(COC2CCCC(OC)C2)n1. The molecule has 0 aromatic carbocycles. The second-order valence-corrected chi connectivity index (χ2v) is 5.30. The van der Waals surface area contributed by atoms with Gasteiger partial charge in [0.15, 0.2) is 5.82 Å². The van der Waals surface area contributed by atoms with Crippen molar-refractivity contribution in [3.63, 3.8) is 0 Å². The molecule has 0 radical (unpaired) electrons. The van der Waals surface area contributed by atoms with Crippen molar-refractivity contribution in [1.29, 1.82) is 0 Å². The van der Waals surface area contributed by atoms with E-state index in [1.807, 2.05) is 13.0 Å². The Balaban J connectivity index is 1.89. The Morgan fingerprint density at radius 1 is 1.30 bits per heavy atom. The van der Waals surface area contributed by atoms with Crippen LogP contribution in [0.4, 0.5) is 5.82 Å². The van der Waals surface area contributed by atoms with Crippen LogP contribution < -0.4 is 5.32 Å². The summed E-state index contributed by atoms with van der Waals surface area (Å²) < 4.78 is 11.4. The number of hydrogen-bond donors (Lipinski definition) is 1. The Morgan fingerprint density at radius 2 is 2.10 bits per heavy atom. The standard InChI is InChI=1S/C15H25N3O2/c1-4-16-14-8-11(2)17-15(18-14)10-20-13-7-5-6-12(9-13)19-3/h8,12-13H,4-7,9-10H2,1-3H3,(H,16,17,18). The molecular weight excluding hydrogens is 254 g/mol. The summed E-state index contributed by atoms with van der Waals surface area (Å²) in [6.45, 7) is 5.37. The van der Waals surface area contributed by atoms with E-state index >= 15 is 0 Å². The highest BCUT2D eigenvalue weighted by atomic mass is 16.5. The van der Waals surface area contributed by atoms with E-state index < -0.39 is 0 Å². The van der Waals surface area contributed by atoms with Crippen LogP contribution in [0.15, 0.2) is 6.07 Å². The predicted molar refractivity (Wildman–Crippen MR) is 78.8 cm³/mol. The van der Waals surface area contributed by atoms with E-state index in [0.29, 0.717) is 12.7 Å². The number of methoxy groups -OCH3 is 1. The van der Waals surface area contributed by atoms with Gasteiger partial charge in [0.2, 0.25) is 0 Å². The number of aromatic nitrogens is 2. The normalized spacial score (nSPS) is 22.8. The minimum atomic E-state index is 0.264. The summed E-state index contributed by atoms with van der Waals surface area (Å²) in [4.78, 5) is 8.90. The topological polar surface area (TPSA) is 56.3 Å². The van der Waals surface area contributed by atoms with Gasteiger partial charge in [0.1, 0.15) is 12.4 Å². The van der Waals surface area contributed by atoms with Crippen LogP contribution >= 0.6 is 0 Å². The highest BCUT2D eigenvalue weighted by molar-refractivity contribution is 5.35. The largest absolute Gasteiger partial charge is 0.381 e. The second-order valence-electron chi connectivity index (χ2n) is 5.30. The van der Waals surface area contributed by atoms with E-state index in [2.05, 4.69) is 22.2 Å². The Bertz CT molecular complexity index is 426. The van der Waals surface area contributed by atoms with Gasteiger partial charge in [0.05, 0.1) is 12.2 Å². The summed E-state index contributed by atoms with van der Waals surface area (Å²) in [5.74, 6) is 1.62. The predicted octanol–water partition coefficient (Wildman–Crippen LogP) is 2.69. The zero-order chi connectivity index (χ0) is 14.4.